The van der Waals surface area contributed by atoms with E-state index in [4.69, 9.17) is 14.2 Å². The smallest absolute Gasteiger partial charge is 0.190 e. The first kappa shape index (κ1) is 12.5. The van der Waals surface area contributed by atoms with Crippen molar-refractivity contribution in [3.8, 4) is 0 Å². The largest absolute Gasteiger partial charge is 0.353 e. The quantitative estimate of drug-likeness (QED) is 0.500. The molecule has 0 bridgehead atoms. The highest BCUT2D eigenvalue weighted by atomic mass is 16.8. The molecule has 0 radical (unpaired) electrons. The number of hydrogen-bond acceptors (Lipinski definition) is 3. The first-order valence-electron chi connectivity index (χ1n) is 5.50. The maximum absolute atomic E-state index is 5.51. The molecule has 1 rings (SSSR count). The van der Waals surface area contributed by atoms with E-state index < -0.39 is 0 Å². The summed E-state index contributed by atoms with van der Waals surface area (Å²) in [5.74, 6) is 0. The van der Waals surface area contributed by atoms with E-state index in [0.29, 0.717) is 6.61 Å². The van der Waals surface area contributed by atoms with Crippen molar-refractivity contribution in [1.29, 1.82) is 0 Å². The van der Waals surface area contributed by atoms with Crippen molar-refractivity contribution in [2.75, 3.05) is 13.7 Å². The Labute approximate surface area is 91.7 Å². The van der Waals surface area contributed by atoms with Gasteiger partial charge in [0, 0.05) is 12.7 Å². The SMILES string of the molecule is C=C=C(CCCCC)C1OCC(OC)O1. The highest BCUT2D eigenvalue weighted by molar-refractivity contribution is 5.04. The second kappa shape index (κ2) is 6.81. The van der Waals surface area contributed by atoms with Gasteiger partial charge in [0.05, 0.1) is 0 Å². The van der Waals surface area contributed by atoms with Crippen LogP contribution in [0.3, 0.4) is 0 Å². The van der Waals surface area contributed by atoms with Crippen LogP contribution in [0.5, 0.6) is 0 Å². The Morgan fingerprint density at radius 2 is 2.33 bits per heavy atom. The summed E-state index contributed by atoms with van der Waals surface area (Å²) in [4.78, 5) is 0. The van der Waals surface area contributed by atoms with E-state index in [1.165, 1.54) is 12.8 Å². The fourth-order valence-electron chi connectivity index (χ4n) is 1.54. The minimum absolute atomic E-state index is 0.246. The normalized spacial score (nSPS) is 25.2. The Kier molecular flexibility index (Phi) is 5.66. The highest BCUT2D eigenvalue weighted by Crippen LogP contribution is 2.22. The monoisotopic (exact) mass is 212 g/mol. The predicted molar refractivity (Wildman–Crippen MR) is 58.4 cm³/mol. The van der Waals surface area contributed by atoms with E-state index in [2.05, 4.69) is 19.2 Å². The molecule has 0 spiro atoms. The number of rotatable bonds is 6. The molecular formula is C12H20O3. The molecule has 3 heteroatoms. The summed E-state index contributed by atoms with van der Waals surface area (Å²) in [6.07, 6.45) is 3.95. The minimum atomic E-state index is -0.302. The zero-order valence-corrected chi connectivity index (χ0v) is 9.62. The topological polar surface area (TPSA) is 27.7 Å². The van der Waals surface area contributed by atoms with Gasteiger partial charge in [-0.25, -0.2) is 0 Å². The molecule has 15 heavy (non-hydrogen) atoms. The zero-order chi connectivity index (χ0) is 11.1. The van der Waals surface area contributed by atoms with Crippen LogP contribution in [0.4, 0.5) is 0 Å². The van der Waals surface area contributed by atoms with Gasteiger partial charge >= 0.3 is 0 Å². The second-order valence-electron chi connectivity index (χ2n) is 3.63. The summed E-state index contributed by atoms with van der Waals surface area (Å²) in [6.45, 7) is 6.34. The minimum Gasteiger partial charge on any atom is -0.353 e. The summed E-state index contributed by atoms with van der Waals surface area (Å²) >= 11 is 0. The van der Waals surface area contributed by atoms with E-state index >= 15 is 0 Å². The Bertz CT molecular complexity index is 231. The van der Waals surface area contributed by atoms with Gasteiger partial charge in [0.2, 0.25) is 0 Å². The summed E-state index contributed by atoms with van der Waals surface area (Å²) < 4.78 is 16.0. The average molecular weight is 212 g/mol. The molecule has 0 amide bonds. The molecule has 0 aromatic carbocycles. The lowest BCUT2D eigenvalue weighted by atomic mass is 10.1. The first-order chi connectivity index (χ1) is 7.31. The Hall–Kier alpha value is -0.600. The lowest BCUT2D eigenvalue weighted by molar-refractivity contribution is -0.115. The molecule has 2 atom stereocenters. The fraction of sp³-hybridized carbons (Fsp3) is 0.750. The van der Waals surface area contributed by atoms with Crippen LogP contribution in [0, 0.1) is 0 Å². The molecule has 0 saturated carbocycles. The Morgan fingerprint density at radius 3 is 2.87 bits per heavy atom. The van der Waals surface area contributed by atoms with E-state index in [1.54, 1.807) is 7.11 Å². The molecule has 1 aliphatic rings. The van der Waals surface area contributed by atoms with Crippen LogP contribution < -0.4 is 0 Å². The fourth-order valence-corrected chi connectivity index (χ4v) is 1.54. The van der Waals surface area contributed by atoms with Gasteiger partial charge in [-0.2, -0.15) is 0 Å². The standard InChI is InChI=1S/C12H20O3/c1-4-6-7-8-10(5-2)12-14-9-11(13-3)15-12/h11-12H,2,4,6-9H2,1,3H3. The van der Waals surface area contributed by atoms with E-state index in [9.17, 15) is 0 Å². The first-order valence-corrected chi connectivity index (χ1v) is 5.50. The van der Waals surface area contributed by atoms with Crippen LogP contribution in [0.2, 0.25) is 0 Å². The second-order valence-corrected chi connectivity index (χ2v) is 3.63. The third-order valence-corrected chi connectivity index (χ3v) is 2.48. The molecule has 2 unspecified atom stereocenters. The Balaban J connectivity index is 2.36. The lowest BCUT2D eigenvalue weighted by Crippen LogP contribution is -2.15. The van der Waals surface area contributed by atoms with E-state index in [-0.39, 0.29) is 12.6 Å². The van der Waals surface area contributed by atoms with Crippen LogP contribution >= 0.6 is 0 Å². The molecule has 0 N–H and O–H groups in total. The number of methoxy groups -OCH3 is 1. The molecule has 0 aromatic heterocycles. The summed E-state index contributed by atoms with van der Waals surface area (Å²) in [5, 5.41) is 0. The molecule has 1 fully saturated rings. The predicted octanol–water partition coefficient (Wildman–Crippen LogP) is 2.62. The molecule has 1 aliphatic heterocycles. The molecule has 3 nitrogen and oxygen atoms in total. The van der Waals surface area contributed by atoms with Crippen LogP contribution in [-0.4, -0.2) is 26.3 Å². The number of hydrogen-bond donors (Lipinski definition) is 0. The van der Waals surface area contributed by atoms with Crippen molar-refractivity contribution in [3.63, 3.8) is 0 Å². The van der Waals surface area contributed by atoms with Crippen LogP contribution in [-0.2, 0) is 14.2 Å². The summed E-state index contributed by atoms with van der Waals surface area (Å²) in [7, 11) is 1.62. The van der Waals surface area contributed by atoms with Gasteiger partial charge in [-0.1, -0.05) is 26.3 Å². The summed E-state index contributed by atoms with van der Waals surface area (Å²) in [6, 6.07) is 0. The number of unbranched alkanes of at least 4 members (excludes halogenated alkanes) is 2. The molecule has 0 aliphatic carbocycles. The Morgan fingerprint density at radius 1 is 1.53 bits per heavy atom. The van der Waals surface area contributed by atoms with Crippen molar-refractivity contribution < 1.29 is 14.2 Å². The zero-order valence-electron chi connectivity index (χ0n) is 9.62. The third kappa shape index (κ3) is 3.80. The number of ether oxygens (including phenoxy) is 3. The van der Waals surface area contributed by atoms with Gasteiger partial charge < -0.3 is 14.2 Å². The molecule has 1 saturated heterocycles. The molecule has 86 valence electrons. The van der Waals surface area contributed by atoms with Gasteiger partial charge in [-0.05, 0) is 12.8 Å². The van der Waals surface area contributed by atoms with E-state index in [1.807, 2.05) is 0 Å². The van der Waals surface area contributed by atoms with Crippen molar-refractivity contribution in [3.05, 3.63) is 17.9 Å². The van der Waals surface area contributed by atoms with Crippen molar-refractivity contribution >= 4 is 0 Å². The highest BCUT2D eigenvalue weighted by Gasteiger charge is 2.28. The van der Waals surface area contributed by atoms with Crippen LogP contribution in [0.25, 0.3) is 0 Å². The maximum Gasteiger partial charge on any atom is 0.190 e. The van der Waals surface area contributed by atoms with Crippen LogP contribution in [0.1, 0.15) is 32.6 Å². The van der Waals surface area contributed by atoms with Crippen LogP contribution in [0.15, 0.2) is 17.9 Å². The van der Waals surface area contributed by atoms with Crippen molar-refractivity contribution in [2.24, 2.45) is 0 Å². The van der Waals surface area contributed by atoms with Gasteiger partial charge in [-0.3, -0.25) is 0 Å². The van der Waals surface area contributed by atoms with Gasteiger partial charge in [-0.15, -0.1) is 5.73 Å². The lowest BCUT2D eigenvalue weighted by Gasteiger charge is -2.12. The van der Waals surface area contributed by atoms with E-state index in [0.717, 1.165) is 18.4 Å². The average Bonchev–Trinajstić information content (AvgIpc) is 2.73. The van der Waals surface area contributed by atoms with Crippen molar-refractivity contribution in [1.82, 2.24) is 0 Å². The third-order valence-electron chi connectivity index (χ3n) is 2.48. The molecular weight excluding hydrogens is 192 g/mol. The molecule has 1 heterocycles. The molecule has 0 aromatic rings. The van der Waals surface area contributed by atoms with Gasteiger partial charge in [0.15, 0.2) is 12.6 Å². The van der Waals surface area contributed by atoms with Crippen molar-refractivity contribution in [2.45, 2.75) is 45.2 Å². The van der Waals surface area contributed by atoms with Gasteiger partial charge in [0.1, 0.15) is 6.61 Å². The maximum atomic E-state index is 5.51. The summed E-state index contributed by atoms with van der Waals surface area (Å²) in [5.41, 5.74) is 3.91. The van der Waals surface area contributed by atoms with Gasteiger partial charge in [0.25, 0.3) is 0 Å².